The van der Waals surface area contributed by atoms with Gasteiger partial charge in [-0.3, -0.25) is 0 Å². The average Bonchev–Trinajstić information content (AvgIpc) is 2.53. The third-order valence-electron chi connectivity index (χ3n) is 3.70. The van der Waals surface area contributed by atoms with Crippen LogP contribution in [0, 0.1) is 5.92 Å². The van der Waals surface area contributed by atoms with Crippen LogP contribution in [0.1, 0.15) is 26.7 Å². The highest BCUT2D eigenvalue weighted by Gasteiger charge is 2.30. The number of hydrogen-bond donors (Lipinski definition) is 0. The Morgan fingerprint density at radius 2 is 1.38 bits per heavy atom. The first kappa shape index (κ1) is 15.8. The van der Waals surface area contributed by atoms with Crippen LogP contribution in [0.3, 0.4) is 0 Å². The summed E-state index contributed by atoms with van der Waals surface area (Å²) in [6.45, 7) is 8.56. The molecule has 0 aliphatic rings. The minimum absolute atomic E-state index is 0.585. The smallest absolute Gasteiger partial charge is 0.166 e. The predicted octanol–water partition coefficient (Wildman–Crippen LogP) is 4.95. The maximum Gasteiger partial charge on any atom is 0.166 e. The molecule has 0 fully saturated rings. The van der Waals surface area contributed by atoms with Gasteiger partial charge in [0.2, 0.25) is 0 Å². The van der Waals surface area contributed by atoms with Crippen molar-refractivity contribution in [3.63, 3.8) is 0 Å². The second-order valence-corrected chi connectivity index (χ2v) is 8.66. The van der Waals surface area contributed by atoms with E-state index in [9.17, 15) is 4.57 Å². The van der Waals surface area contributed by atoms with Gasteiger partial charge in [0, 0.05) is 10.6 Å². The van der Waals surface area contributed by atoms with E-state index < -0.39 is 7.14 Å². The zero-order chi connectivity index (χ0) is 15.3. The Morgan fingerprint density at radius 3 is 1.76 bits per heavy atom. The van der Waals surface area contributed by atoms with E-state index in [1.54, 1.807) is 0 Å². The minimum atomic E-state index is -2.77. The standard InChI is InChI=1S/C19H23OP/c1-16(2)14-15-17(3)21(20,18-10-6-4-7-11-18)19-12-8-5-9-13-19/h4-13,16H,3,14-15H2,1-2H3. The summed E-state index contributed by atoms with van der Waals surface area (Å²) in [6.07, 6.45) is 1.82. The molecular formula is C19H23OP. The molecule has 0 spiro atoms. The summed E-state index contributed by atoms with van der Waals surface area (Å²) >= 11 is 0. The third kappa shape index (κ3) is 3.54. The van der Waals surface area contributed by atoms with Gasteiger partial charge in [-0.05, 0) is 24.1 Å². The Morgan fingerprint density at radius 1 is 0.952 bits per heavy atom. The van der Waals surface area contributed by atoms with Crippen LogP contribution in [-0.4, -0.2) is 0 Å². The molecule has 1 nitrogen and oxygen atoms in total. The molecule has 0 saturated heterocycles. The zero-order valence-electron chi connectivity index (χ0n) is 12.8. The summed E-state index contributed by atoms with van der Waals surface area (Å²) in [6, 6.07) is 19.5. The fourth-order valence-electron chi connectivity index (χ4n) is 2.40. The van der Waals surface area contributed by atoms with E-state index in [1.807, 2.05) is 60.7 Å². The average molecular weight is 298 g/mol. The van der Waals surface area contributed by atoms with Gasteiger partial charge in [-0.15, -0.1) is 0 Å². The molecule has 2 rings (SSSR count). The van der Waals surface area contributed by atoms with E-state index in [2.05, 4.69) is 20.4 Å². The molecule has 0 aliphatic carbocycles. The van der Waals surface area contributed by atoms with Crippen LogP contribution in [0.2, 0.25) is 0 Å². The Labute approximate surface area is 128 Å². The summed E-state index contributed by atoms with van der Waals surface area (Å²) < 4.78 is 13.8. The molecule has 0 N–H and O–H groups in total. The Balaban J connectivity index is 2.45. The summed E-state index contributed by atoms with van der Waals surface area (Å²) in [4.78, 5) is 0. The fraction of sp³-hybridized carbons (Fsp3) is 0.263. The lowest BCUT2D eigenvalue weighted by Gasteiger charge is -2.22. The number of rotatable bonds is 6. The molecule has 110 valence electrons. The molecule has 0 amide bonds. The van der Waals surface area contributed by atoms with Gasteiger partial charge in [-0.25, -0.2) is 0 Å². The van der Waals surface area contributed by atoms with E-state index in [0.29, 0.717) is 5.92 Å². The first-order chi connectivity index (χ1) is 10.0. The first-order valence-corrected chi connectivity index (χ1v) is 9.15. The van der Waals surface area contributed by atoms with Crippen molar-refractivity contribution in [1.82, 2.24) is 0 Å². The molecule has 2 aromatic carbocycles. The van der Waals surface area contributed by atoms with Gasteiger partial charge >= 0.3 is 0 Å². The second kappa shape index (κ2) is 6.91. The van der Waals surface area contributed by atoms with Gasteiger partial charge in [0.25, 0.3) is 0 Å². The van der Waals surface area contributed by atoms with Crippen molar-refractivity contribution in [3.05, 3.63) is 72.6 Å². The van der Waals surface area contributed by atoms with Gasteiger partial charge < -0.3 is 4.57 Å². The maximum absolute atomic E-state index is 13.8. The van der Waals surface area contributed by atoms with Crippen LogP contribution in [0.4, 0.5) is 0 Å². The van der Waals surface area contributed by atoms with E-state index in [1.165, 1.54) is 0 Å². The monoisotopic (exact) mass is 298 g/mol. The lowest BCUT2D eigenvalue weighted by Crippen LogP contribution is -2.17. The quantitative estimate of drug-likeness (QED) is 0.690. The highest BCUT2D eigenvalue weighted by molar-refractivity contribution is 7.82. The molecule has 0 atom stereocenters. The van der Waals surface area contributed by atoms with Gasteiger partial charge in [0.05, 0.1) is 0 Å². The van der Waals surface area contributed by atoms with Crippen molar-refractivity contribution in [3.8, 4) is 0 Å². The van der Waals surface area contributed by atoms with Crippen molar-refractivity contribution in [2.24, 2.45) is 5.92 Å². The largest absolute Gasteiger partial charge is 0.309 e. The lowest BCUT2D eigenvalue weighted by molar-refractivity contribution is 0.576. The van der Waals surface area contributed by atoms with Gasteiger partial charge in [-0.2, -0.15) is 0 Å². The SMILES string of the molecule is C=C(CCC(C)C)P(=O)(c1ccccc1)c1ccccc1. The molecule has 2 heteroatoms. The van der Waals surface area contributed by atoms with E-state index in [-0.39, 0.29) is 0 Å². The van der Waals surface area contributed by atoms with Crippen molar-refractivity contribution in [1.29, 1.82) is 0 Å². The summed E-state index contributed by atoms with van der Waals surface area (Å²) in [5.74, 6) is 0.585. The second-order valence-electron chi connectivity index (χ2n) is 5.78. The summed E-state index contributed by atoms with van der Waals surface area (Å²) in [5.41, 5.74) is 0. The van der Waals surface area contributed by atoms with Gasteiger partial charge in [-0.1, -0.05) is 81.1 Å². The molecule has 0 heterocycles. The van der Waals surface area contributed by atoms with E-state index >= 15 is 0 Å². The van der Waals surface area contributed by atoms with Crippen molar-refractivity contribution in [2.45, 2.75) is 26.7 Å². The molecular weight excluding hydrogens is 275 g/mol. The first-order valence-electron chi connectivity index (χ1n) is 7.44. The van der Waals surface area contributed by atoms with Crippen molar-refractivity contribution in [2.75, 3.05) is 0 Å². The van der Waals surface area contributed by atoms with Crippen molar-refractivity contribution < 1.29 is 4.57 Å². The Hall–Kier alpha value is -1.59. The van der Waals surface area contributed by atoms with Crippen LogP contribution in [0.5, 0.6) is 0 Å². The van der Waals surface area contributed by atoms with Crippen molar-refractivity contribution >= 4 is 17.8 Å². The zero-order valence-corrected chi connectivity index (χ0v) is 13.7. The van der Waals surface area contributed by atoms with Gasteiger partial charge in [0.15, 0.2) is 7.14 Å². The number of benzene rings is 2. The highest BCUT2D eigenvalue weighted by atomic mass is 31.2. The molecule has 0 unspecified atom stereocenters. The van der Waals surface area contributed by atoms with E-state index in [4.69, 9.17) is 0 Å². The molecule has 0 saturated carbocycles. The minimum Gasteiger partial charge on any atom is -0.309 e. The van der Waals surface area contributed by atoms with Crippen LogP contribution in [-0.2, 0) is 4.57 Å². The maximum atomic E-state index is 13.8. The molecule has 2 aromatic rings. The fourth-order valence-corrected chi connectivity index (χ4v) is 5.06. The van der Waals surface area contributed by atoms with Crippen LogP contribution in [0.15, 0.2) is 72.6 Å². The highest BCUT2D eigenvalue weighted by Crippen LogP contribution is 2.52. The van der Waals surface area contributed by atoms with Crippen LogP contribution < -0.4 is 10.6 Å². The van der Waals surface area contributed by atoms with E-state index in [0.717, 1.165) is 28.8 Å². The number of hydrogen-bond acceptors (Lipinski definition) is 1. The number of allylic oxidation sites excluding steroid dienone is 1. The van der Waals surface area contributed by atoms with Crippen LogP contribution >= 0.6 is 7.14 Å². The molecule has 0 radical (unpaired) electrons. The molecule has 0 aromatic heterocycles. The molecule has 21 heavy (non-hydrogen) atoms. The summed E-state index contributed by atoms with van der Waals surface area (Å²) in [5, 5.41) is 2.61. The third-order valence-corrected chi connectivity index (χ3v) is 6.86. The molecule has 0 bridgehead atoms. The Bertz CT molecular complexity index is 586. The Kier molecular flexibility index (Phi) is 5.20. The molecule has 0 aliphatic heterocycles. The topological polar surface area (TPSA) is 17.1 Å². The lowest BCUT2D eigenvalue weighted by atomic mass is 10.1. The van der Waals surface area contributed by atoms with Gasteiger partial charge in [0.1, 0.15) is 0 Å². The predicted molar refractivity (Wildman–Crippen MR) is 93.0 cm³/mol. The van der Waals surface area contributed by atoms with Crippen LogP contribution in [0.25, 0.3) is 0 Å². The normalized spacial score (nSPS) is 11.6. The summed E-state index contributed by atoms with van der Waals surface area (Å²) in [7, 11) is -2.77.